The van der Waals surface area contributed by atoms with Crippen LogP contribution in [0.1, 0.15) is 23.2 Å². The lowest BCUT2D eigenvalue weighted by atomic mass is 9.94. The Morgan fingerprint density at radius 3 is 2.43 bits per heavy atom. The normalized spacial score (nSPS) is 14.1. The Bertz CT molecular complexity index is 966. The van der Waals surface area contributed by atoms with Crippen molar-refractivity contribution in [2.75, 3.05) is 0 Å². The second-order valence-electron chi connectivity index (χ2n) is 5.05. The molecule has 1 aromatic carbocycles. The molecular weight excluding hydrogens is 310 g/mol. The smallest absolute Gasteiger partial charge is 0.238 e. The summed E-state index contributed by atoms with van der Waals surface area (Å²) < 4.78 is 22.7. The van der Waals surface area contributed by atoms with Crippen molar-refractivity contribution < 1.29 is 8.42 Å². The molecule has 2 N–H and O–H groups in total. The summed E-state index contributed by atoms with van der Waals surface area (Å²) in [4.78, 5) is 4.16. The lowest BCUT2D eigenvalue weighted by Crippen LogP contribution is -2.11. The van der Waals surface area contributed by atoms with Gasteiger partial charge in [0.15, 0.2) is 0 Å². The van der Waals surface area contributed by atoms with Gasteiger partial charge in [-0.25, -0.2) is 18.5 Å². The van der Waals surface area contributed by atoms with Crippen LogP contribution in [0.5, 0.6) is 0 Å². The molecule has 0 saturated carbocycles. The summed E-state index contributed by atoms with van der Waals surface area (Å²) in [5.41, 5.74) is 3.89. The molecule has 114 valence electrons. The molecule has 0 fully saturated rings. The van der Waals surface area contributed by atoms with Crippen molar-refractivity contribution in [1.82, 2.24) is 4.98 Å². The number of benzene rings is 1. The molecule has 0 atom stereocenters. The van der Waals surface area contributed by atoms with Gasteiger partial charge in [-0.15, -0.1) is 0 Å². The van der Waals surface area contributed by atoms with E-state index >= 15 is 0 Å². The van der Waals surface area contributed by atoms with Crippen LogP contribution in [0.4, 0.5) is 0 Å². The van der Waals surface area contributed by atoms with Gasteiger partial charge in [-0.05, 0) is 47.4 Å². The highest BCUT2D eigenvalue weighted by atomic mass is 32.2. The average molecular weight is 323 g/mol. The van der Waals surface area contributed by atoms with Gasteiger partial charge in [0.1, 0.15) is 11.8 Å². The molecule has 0 radical (unpaired) electrons. The molecule has 6 heteroatoms. The number of nitrogens with zero attached hydrogens (tertiary/aromatic N) is 2. The Kier molecular flexibility index (Phi) is 3.82. The molecule has 0 saturated heterocycles. The number of nitriles is 1. The zero-order valence-corrected chi connectivity index (χ0v) is 12.9. The first-order chi connectivity index (χ1) is 11.0. The summed E-state index contributed by atoms with van der Waals surface area (Å²) in [6.45, 7) is 0. The molecule has 1 aromatic heterocycles. The number of aromatic nitrogens is 1. The van der Waals surface area contributed by atoms with Crippen LogP contribution in [0, 0.1) is 11.3 Å². The Hall–Kier alpha value is -2.75. The highest BCUT2D eigenvalue weighted by Gasteiger charge is 2.18. The van der Waals surface area contributed by atoms with E-state index in [1.54, 1.807) is 24.4 Å². The van der Waals surface area contributed by atoms with Crippen molar-refractivity contribution in [2.24, 2.45) is 5.14 Å². The van der Waals surface area contributed by atoms with E-state index in [-0.39, 0.29) is 4.90 Å². The van der Waals surface area contributed by atoms with Crippen molar-refractivity contribution in [3.63, 3.8) is 0 Å². The fourth-order valence-electron chi connectivity index (χ4n) is 2.58. The SMILES string of the molecule is N#Cc1ncccc1C1=CCC=C1c1ccc(S(N)(=O)=O)cc1. The van der Waals surface area contributed by atoms with E-state index in [1.165, 1.54) is 12.1 Å². The molecule has 0 bridgehead atoms. The van der Waals surface area contributed by atoms with Gasteiger partial charge in [0.25, 0.3) is 0 Å². The molecule has 3 rings (SSSR count). The van der Waals surface area contributed by atoms with Crippen LogP contribution >= 0.6 is 0 Å². The minimum absolute atomic E-state index is 0.0736. The first kappa shape index (κ1) is 15.2. The van der Waals surface area contributed by atoms with Crippen molar-refractivity contribution >= 4 is 21.2 Å². The largest absolute Gasteiger partial charge is 0.245 e. The van der Waals surface area contributed by atoms with Crippen molar-refractivity contribution in [3.05, 3.63) is 71.6 Å². The van der Waals surface area contributed by atoms with Crippen molar-refractivity contribution in [2.45, 2.75) is 11.3 Å². The van der Waals surface area contributed by atoms with Gasteiger partial charge in [-0.2, -0.15) is 5.26 Å². The van der Waals surface area contributed by atoms with Gasteiger partial charge in [-0.3, -0.25) is 0 Å². The second kappa shape index (κ2) is 5.80. The zero-order valence-electron chi connectivity index (χ0n) is 12.1. The summed E-state index contributed by atoms with van der Waals surface area (Å²) in [5.74, 6) is 0. The van der Waals surface area contributed by atoms with E-state index in [9.17, 15) is 13.7 Å². The maximum absolute atomic E-state index is 11.3. The standard InChI is InChI=1S/C17H13N3O2S/c18-11-17-16(5-2-10-20-17)15-4-1-3-14(15)12-6-8-13(9-7-12)23(19,21)22/h2-10H,1H2,(H2,19,21,22). The number of primary sulfonamides is 1. The first-order valence-electron chi connectivity index (χ1n) is 6.90. The molecular formula is C17H13N3O2S. The van der Waals surface area contributed by atoms with E-state index in [0.717, 1.165) is 28.7 Å². The van der Waals surface area contributed by atoms with Gasteiger partial charge >= 0.3 is 0 Å². The summed E-state index contributed by atoms with van der Waals surface area (Å²) in [6.07, 6.45) is 6.40. The number of rotatable bonds is 3. The lowest BCUT2D eigenvalue weighted by Gasteiger charge is -2.11. The van der Waals surface area contributed by atoms with Gasteiger partial charge in [0.05, 0.1) is 4.90 Å². The zero-order chi connectivity index (χ0) is 16.4. The number of hydrogen-bond acceptors (Lipinski definition) is 4. The molecule has 2 aromatic rings. The van der Waals surface area contributed by atoms with Gasteiger partial charge in [-0.1, -0.05) is 24.3 Å². The first-order valence-corrected chi connectivity index (χ1v) is 8.45. The van der Waals surface area contributed by atoms with E-state index in [1.807, 2.05) is 18.2 Å². The second-order valence-corrected chi connectivity index (χ2v) is 6.61. The third kappa shape index (κ3) is 2.93. The van der Waals surface area contributed by atoms with Crippen molar-refractivity contribution in [3.8, 4) is 6.07 Å². The van der Waals surface area contributed by atoms with E-state index in [2.05, 4.69) is 11.1 Å². The van der Waals surface area contributed by atoms with E-state index in [4.69, 9.17) is 5.14 Å². The summed E-state index contributed by atoms with van der Waals surface area (Å²) >= 11 is 0. The summed E-state index contributed by atoms with van der Waals surface area (Å²) in [5, 5.41) is 14.3. The van der Waals surface area contributed by atoms with Crippen LogP contribution < -0.4 is 5.14 Å². The number of hydrogen-bond donors (Lipinski definition) is 1. The molecule has 0 unspecified atom stereocenters. The number of allylic oxidation sites excluding steroid dienone is 4. The van der Waals surface area contributed by atoms with Crippen LogP contribution in [-0.2, 0) is 10.0 Å². The van der Waals surface area contributed by atoms with Crippen molar-refractivity contribution in [1.29, 1.82) is 5.26 Å². The molecule has 23 heavy (non-hydrogen) atoms. The fraction of sp³-hybridized carbons (Fsp3) is 0.0588. The lowest BCUT2D eigenvalue weighted by molar-refractivity contribution is 0.598. The Labute approximate surface area is 134 Å². The third-order valence-electron chi connectivity index (χ3n) is 3.63. The van der Waals surface area contributed by atoms with E-state index in [0.29, 0.717) is 5.69 Å². The highest BCUT2D eigenvalue weighted by Crippen LogP contribution is 2.37. The topological polar surface area (TPSA) is 96.8 Å². The quantitative estimate of drug-likeness (QED) is 0.938. The molecule has 1 heterocycles. The summed E-state index contributed by atoms with van der Waals surface area (Å²) in [6, 6.07) is 12.1. The van der Waals surface area contributed by atoms with E-state index < -0.39 is 10.0 Å². The van der Waals surface area contributed by atoms with Crippen LogP contribution in [0.3, 0.4) is 0 Å². The Morgan fingerprint density at radius 1 is 1.09 bits per heavy atom. The molecule has 0 aliphatic heterocycles. The fourth-order valence-corrected chi connectivity index (χ4v) is 3.09. The third-order valence-corrected chi connectivity index (χ3v) is 4.56. The Balaban J connectivity index is 2.01. The maximum atomic E-state index is 11.3. The van der Waals surface area contributed by atoms with Crippen LogP contribution in [-0.4, -0.2) is 13.4 Å². The molecule has 5 nitrogen and oxygen atoms in total. The molecule has 1 aliphatic rings. The van der Waals surface area contributed by atoms with Crippen LogP contribution in [0.15, 0.2) is 59.6 Å². The number of nitrogens with two attached hydrogens (primary N) is 1. The average Bonchev–Trinajstić information content (AvgIpc) is 3.03. The predicted molar refractivity (Wildman–Crippen MR) is 87.3 cm³/mol. The molecule has 0 amide bonds. The van der Waals surface area contributed by atoms with Gasteiger partial charge in [0, 0.05) is 11.8 Å². The Morgan fingerprint density at radius 2 is 1.78 bits per heavy atom. The number of pyridine rings is 1. The minimum atomic E-state index is -3.71. The van der Waals surface area contributed by atoms with Gasteiger partial charge < -0.3 is 0 Å². The maximum Gasteiger partial charge on any atom is 0.238 e. The number of sulfonamides is 1. The summed E-state index contributed by atoms with van der Waals surface area (Å²) in [7, 11) is -3.71. The van der Waals surface area contributed by atoms with Gasteiger partial charge in [0.2, 0.25) is 10.0 Å². The highest BCUT2D eigenvalue weighted by molar-refractivity contribution is 7.89. The molecule has 1 aliphatic carbocycles. The monoisotopic (exact) mass is 323 g/mol. The predicted octanol–water partition coefficient (Wildman–Crippen LogP) is 2.47. The van der Waals surface area contributed by atoms with Crippen LogP contribution in [0.25, 0.3) is 11.1 Å². The van der Waals surface area contributed by atoms with Crippen LogP contribution in [0.2, 0.25) is 0 Å². The minimum Gasteiger partial charge on any atom is -0.245 e. The molecule has 0 spiro atoms.